The van der Waals surface area contributed by atoms with E-state index in [9.17, 15) is 14.4 Å². The van der Waals surface area contributed by atoms with Crippen molar-refractivity contribution in [2.45, 2.75) is 32.2 Å². The maximum atomic E-state index is 12.8. The summed E-state index contributed by atoms with van der Waals surface area (Å²) in [5.41, 5.74) is 1.14. The van der Waals surface area contributed by atoms with Crippen molar-refractivity contribution in [2.24, 2.45) is 11.8 Å². The van der Waals surface area contributed by atoms with Crippen molar-refractivity contribution in [1.82, 2.24) is 5.32 Å². The number of halogens is 1. The number of thiophene rings is 1. The number of rotatable bonds is 8. The lowest BCUT2D eigenvalue weighted by atomic mass is 9.81. The van der Waals surface area contributed by atoms with Gasteiger partial charge in [0.1, 0.15) is 5.00 Å². The Labute approximate surface area is 201 Å². The molecule has 2 aromatic rings. The minimum absolute atomic E-state index is 0.159. The largest absolute Gasteiger partial charge is 0.493 e. The molecule has 0 spiro atoms. The molecule has 0 saturated heterocycles. The molecular formula is C23H27ClN2O6S. The SMILES string of the molecule is COC(=O)C1CCC(C(=O)Nc2sc(Cl)cc2C(=O)NCc2ccc(OC)c(OC)c2)CC1. The molecule has 1 fully saturated rings. The summed E-state index contributed by atoms with van der Waals surface area (Å²) in [6, 6.07) is 6.92. The van der Waals surface area contributed by atoms with E-state index in [1.165, 1.54) is 7.11 Å². The summed E-state index contributed by atoms with van der Waals surface area (Å²) >= 11 is 7.28. The molecule has 1 aromatic heterocycles. The second-order valence-electron chi connectivity index (χ2n) is 7.73. The molecule has 0 aliphatic heterocycles. The maximum Gasteiger partial charge on any atom is 0.308 e. The van der Waals surface area contributed by atoms with E-state index in [2.05, 4.69) is 10.6 Å². The minimum atomic E-state index is -0.349. The normalized spacial score (nSPS) is 17.7. The van der Waals surface area contributed by atoms with Crippen LogP contribution in [0.15, 0.2) is 24.3 Å². The predicted octanol–water partition coefficient (Wildman–Crippen LogP) is 4.27. The van der Waals surface area contributed by atoms with Gasteiger partial charge < -0.3 is 24.8 Å². The summed E-state index contributed by atoms with van der Waals surface area (Å²) in [5.74, 6) is 0.0267. The van der Waals surface area contributed by atoms with Crippen LogP contribution in [0.3, 0.4) is 0 Å². The van der Waals surface area contributed by atoms with Gasteiger partial charge in [0.15, 0.2) is 11.5 Å². The van der Waals surface area contributed by atoms with Crippen LogP contribution in [-0.2, 0) is 20.9 Å². The van der Waals surface area contributed by atoms with Crippen molar-refractivity contribution in [2.75, 3.05) is 26.6 Å². The van der Waals surface area contributed by atoms with Gasteiger partial charge in [-0.3, -0.25) is 14.4 Å². The van der Waals surface area contributed by atoms with Crippen LogP contribution in [0.4, 0.5) is 5.00 Å². The van der Waals surface area contributed by atoms with E-state index in [4.69, 9.17) is 25.8 Å². The molecule has 1 aliphatic carbocycles. The van der Waals surface area contributed by atoms with Crippen molar-refractivity contribution >= 4 is 45.7 Å². The monoisotopic (exact) mass is 494 g/mol. The second-order valence-corrected chi connectivity index (χ2v) is 9.41. The van der Waals surface area contributed by atoms with Crippen LogP contribution in [0, 0.1) is 11.8 Å². The van der Waals surface area contributed by atoms with Crippen LogP contribution in [0.2, 0.25) is 4.34 Å². The molecule has 33 heavy (non-hydrogen) atoms. The summed E-state index contributed by atoms with van der Waals surface area (Å²) in [6.45, 7) is 0.261. The van der Waals surface area contributed by atoms with E-state index in [0.717, 1.165) is 16.9 Å². The Balaban J connectivity index is 1.61. The van der Waals surface area contributed by atoms with Gasteiger partial charge in [-0.1, -0.05) is 17.7 Å². The molecule has 1 aliphatic rings. The molecule has 10 heteroatoms. The van der Waals surface area contributed by atoms with Gasteiger partial charge in [0.25, 0.3) is 5.91 Å². The number of ether oxygens (including phenoxy) is 3. The maximum absolute atomic E-state index is 12.8. The van der Waals surface area contributed by atoms with Crippen molar-refractivity contribution in [1.29, 1.82) is 0 Å². The van der Waals surface area contributed by atoms with Crippen LogP contribution in [0.1, 0.15) is 41.6 Å². The molecule has 1 saturated carbocycles. The van der Waals surface area contributed by atoms with Gasteiger partial charge in [-0.05, 0) is 49.4 Å². The number of carbonyl (C=O) groups is 3. The number of amides is 2. The van der Waals surface area contributed by atoms with E-state index >= 15 is 0 Å². The zero-order valence-electron chi connectivity index (χ0n) is 18.7. The van der Waals surface area contributed by atoms with Gasteiger partial charge in [0.05, 0.1) is 37.1 Å². The van der Waals surface area contributed by atoms with Crippen molar-refractivity contribution in [3.63, 3.8) is 0 Å². The Morgan fingerprint density at radius 1 is 1.00 bits per heavy atom. The smallest absolute Gasteiger partial charge is 0.308 e. The van der Waals surface area contributed by atoms with Crippen LogP contribution >= 0.6 is 22.9 Å². The molecule has 0 bridgehead atoms. The number of hydrogen-bond donors (Lipinski definition) is 2. The van der Waals surface area contributed by atoms with Crippen molar-refractivity contribution in [3.05, 3.63) is 39.7 Å². The molecule has 2 N–H and O–H groups in total. The Bertz CT molecular complexity index is 1020. The van der Waals surface area contributed by atoms with Crippen molar-refractivity contribution < 1.29 is 28.6 Å². The highest BCUT2D eigenvalue weighted by Crippen LogP contribution is 2.35. The Kier molecular flexibility index (Phi) is 8.57. The summed E-state index contributed by atoms with van der Waals surface area (Å²) in [4.78, 5) is 37.3. The fourth-order valence-electron chi connectivity index (χ4n) is 3.86. The molecule has 8 nitrogen and oxygen atoms in total. The van der Waals surface area contributed by atoms with E-state index in [0.29, 0.717) is 52.1 Å². The Hall–Kier alpha value is -2.78. The molecular weight excluding hydrogens is 468 g/mol. The third kappa shape index (κ3) is 6.17. The van der Waals surface area contributed by atoms with Gasteiger partial charge in [0.2, 0.25) is 5.91 Å². The van der Waals surface area contributed by atoms with Gasteiger partial charge >= 0.3 is 5.97 Å². The first-order chi connectivity index (χ1) is 15.9. The third-order valence-electron chi connectivity index (χ3n) is 5.72. The quantitative estimate of drug-likeness (QED) is 0.531. The molecule has 1 heterocycles. The van der Waals surface area contributed by atoms with Gasteiger partial charge in [-0.25, -0.2) is 0 Å². The van der Waals surface area contributed by atoms with Crippen LogP contribution in [-0.4, -0.2) is 39.1 Å². The van der Waals surface area contributed by atoms with E-state index < -0.39 is 0 Å². The molecule has 3 rings (SSSR count). The molecule has 1 aromatic carbocycles. The first kappa shape index (κ1) is 24.9. The zero-order valence-corrected chi connectivity index (χ0v) is 20.3. The minimum Gasteiger partial charge on any atom is -0.493 e. The van der Waals surface area contributed by atoms with Crippen molar-refractivity contribution in [3.8, 4) is 11.5 Å². The topological polar surface area (TPSA) is 103 Å². The van der Waals surface area contributed by atoms with Gasteiger partial charge in [-0.2, -0.15) is 0 Å². The van der Waals surface area contributed by atoms with E-state index in [1.807, 2.05) is 6.07 Å². The van der Waals surface area contributed by atoms with E-state index in [-0.39, 0.29) is 36.2 Å². The lowest BCUT2D eigenvalue weighted by Crippen LogP contribution is -2.30. The fraction of sp³-hybridized carbons (Fsp3) is 0.435. The average Bonchev–Trinajstić information content (AvgIpc) is 3.21. The van der Waals surface area contributed by atoms with E-state index in [1.54, 1.807) is 32.4 Å². The Morgan fingerprint density at radius 3 is 2.30 bits per heavy atom. The number of methoxy groups -OCH3 is 3. The third-order valence-corrected chi connectivity index (χ3v) is 6.90. The molecule has 2 amide bonds. The summed E-state index contributed by atoms with van der Waals surface area (Å²) in [6.07, 6.45) is 2.39. The average molecular weight is 495 g/mol. The first-order valence-corrected chi connectivity index (χ1v) is 11.7. The molecule has 0 radical (unpaired) electrons. The lowest BCUT2D eigenvalue weighted by molar-refractivity contribution is -0.147. The number of nitrogens with one attached hydrogen (secondary N) is 2. The van der Waals surface area contributed by atoms with Crippen LogP contribution in [0.5, 0.6) is 11.5 Å². The Morgan fingerprint density at radius 2 is 1.67 bits per heavy atom. The summed E-state index contributed by atoms with van der Waals surface area (Å²) in [7, 11) is 4.48. The highest BCUT2D eigenvalue weighted by atomic mass is 35.5. The highest BCUT2D eigenvalue weighted by molar-refractivity contribution is 7.20. The first-order valence-electron chi connectivity index (χ1n) is 10.5. The lowest BCUT2D eigenvalue weighted by Gasteiger charge is -2.26. The number of esters is 1. The summed E-state index contributed by atoms with van der Waals surface area (Å²) < 4.78 is 15.7. The van der Waals surface area contributed by atoms with Gasteiger partial charge in [0, 0.05) is 12.5 Å². The number of benzene rings is 1. The predicted molar refractivity (Wildman–Crippen MR) is 126 cm³/mol. The van der Waals surface area contributed by atoms with Crippen LogP contribution in [0.25, 0.3) is 0 Å². The highest BCUT2D eigenvalue weighted by Gasteiger charge is 2.31. The summed E-state index contributed by atoms with van der Waals surface area (Å²) in [5, 5.41) is 6.11. The molecule has 0 unspecified atom stereocenters. The number of hydrogen-bond acceptors (Lipinski definition) is 7. The zero-order chi connectivity index (χ0) is 24.0. The molecule has 0 atom stereocenters. The number of carbonyl (C=O) groups excluding carboxylic acids is 3. The van der Waals surface area contributed by atoms with Gasteiger partial charge in [-0.15, -0.1) is 11.3 Å². The fourth-order valence-corrected chi connectivity index (χ4v) is 4.99. The molecule has 178 valence electrons. The second kappa shape index (κ2) is 11.4. The standard InChI is InChI=1S/C23H27ClN2O6S/c1-30-17-9-4-13(10-18(17)31-2)12-25-21(28)16-11-19(24)33-22(16)26-20(27)14-5-7-15(8-6-14)23(29)32-3/h4,9-11,14-15H,5-8,12H2,1-3H3,(H,25,28)(H,26,27). The van der Waals surface area contributed by atoms with Crippen LogP contribution < -0.4 is 20.1 Å². The number of anilines is 1.